The van der Waals surface area contributed by atoms with Crippen molar-refractivity contribution in [3.63, 3.8) is 0 Å². The summed E-state index contributed by atoms with van der Waals surface area (Å²) < 4.78 is 4.82. The molecule has 1 N–H and O–H groups in total. The van der Waals surface area contributed by atoms with Gasteiger partial charge in [0.05, 0.1) is 6.10 Å². The first kappa shape index (κ1) is 11.5. The average molecular weight is 188 g/mol. The fraction of sp³-hybridized carbons (Fsp3) is 0.375. The van der Waals surface area contributed by atoms with Gasteiger partial charge < -0.3 is 9.63 Å². The highest BCUT2D eigenvalue weighted by Gasteiger charge is 2.15. The fourth-order valence-electron chi connectivity index (χ4n) is 0.680. The van der Waals surface area contributed by atoms with Crippen LogP contribution in [0.2, 0.25) is 0 Å². The molecular formula is C8H13O3P. The average Bonchev–Trinajstić information content (AvgIpc) is 2.12. The van der Waals surface area contributed by atoms with Crippen LogP contribution in [0.25, 0.3) is 0 Å². The molecule has 0 bridgehead atoms. The van der Waals surface area contributed by atoms with E-state index in [1.165, 1.54) is 6.08 Å². The van der Waals surface area contributed by atoms with Gasteiger partial charge in [-0.05, 0) is 6.08 Å². The van der Waals surface area contributed by atoms with Crippen molar-refractivity contribution >= 4 is 15.2 Å². The third kappa shape index (κ3) is 3.77. The molecule has 0 spiro atoms. The summed E-state index contributed by atoms with van der Waals surface area (Å²) in [5, 5.41) is 9.19. The molecule has 4 heteroatoms. The molecule has 3 atom stereocenters. The number of rotatable bonds is 6. The Hall–Kier alpha value is -0.500. The van der Waals surface area contributed by atoms with Gasteiger partial charge in [0.1, 0.15) is 6.10 Å². The molecule has 0 rings (SSSR count). The predicted octanol–water partition coefficient (Wildman–Crippen LogP) is 0.854. The summed E-state index contributed by atoms with van der Waals surface area (Å²) in [7, 11) is 2.06. The summed E-state index contributed by atoms with van der Waals surface area (Å²) in [5.74, 6) is -0.399. The first-order chi connectivity index (χ1) is 5.65. The van der Waals surface area contributed by atoms with Gasteiger partial charge in [0.15, 0.2) is 5.78 Å². The Labute approximate surface area is 74.4 Å². The molecule has 0 aliphatic heterocycles. The van der Waals surface area contributed by atoms with Crippen LogP contribution in [-0.2, 0) is 9.32 Å². The number of ketones is 1. The van der Waals surface area contributed by atoms with Crippen molar-refractivity contribution < 1.29 is 14.4 Å². The molecular weight excluding hydrogens is 175 g/mol. The van der Waals surface area contributed by atoms with Gasteiger partial charge in [-0.25, -0.2) is 0 Å². The van der Waals surface area contributed by atoms with E-state index in [2.05, 4.69) is 22.6 Å². The zero-order valence-corrected chi connectivity index (χ0v) is 7.93. The van der Waals surface area contributed by atoms with E-state index in [4.69, 9.17) is 4.52 Å². The predicted molar refractivity (Wildman–Crippen MR) is 50.6 cm³/mol. The third-order valence-corrected chi connectivity index (χ3v) is 1.77. The van der Waals surface area contributed by atoms with Crippen molar-refractivity contribution in [2.45, 2.75) is 18.6 Å². The first-order valence-electron chi connectivity index (χ1n) is 3.48. The van der Waals surface area contributed by atoms with Crippen LogP contribution in [0.15, 0.2) is 25.3 Å². The summed E-state index contributed by atoms with van der Waals surface area (Å²) in [5.41, 5.74) is 0. The van der Waals surface area contributed by atoms with Crippen LogP contribution < -0.4 is 0 Å². The summed E-state index contributed by atoms with van der Waals surface area (Å²) in [6.07, 6.45) is 1.44. The Bertz CT molecular complexity index is 179. The number of aliphatic hydroxyl groups is 1. The van der Waals surface area contributed by atoms with Crippen molar-refractivity contribution in [1.82, 2.24) is 0 Å². The maximum Gasteiger partial charge on any atom is 0.183 e. The van der Waals surface area contributed by atoms with E-state index < -0.39 is 11.9 Å². The van der Waals surface area contributed by atoms with E-state index >= 15 is 0 Å². The molecule has 3 nitrogen and oxygen atoms in total. The van der Waals surface area contributed by atoms with Gasteiger partial charge in [0, 0.05) is 15.9 Å². The molecule has 12 heavy (non-hydrogen) atoms. The quantitative estimate of drug-likeness (QED) is 0.382. The van der Waals surface area contributed by atoms with Crippen LogP contribution in [0.3, 0.4) is 0 Å². The van der Waals surface area contributed by atoms with Crippen LogP contribution in [0.1, 0.15) is 6.42 Å². The van der Waals surface area contributed by atoms with Gasteiger partial charge in [0.25, 0.3) is 0 Å². The monoisotopic (exact) mass is 188 g/mol. The van der Waals surface area contributed by atoms with E-state index in [1.807, 2.05) is 0 Å². The van der Waals surface area contributed by atoms with Crippen molar-refractivity contribution in [1.29, 1.82) is 0 Å². The minimum atomic E-state index is -1.05. The molecule has 68 valence electrons. The molecule has 0 aromatic heterocycles. The van der Waals surface area contributed by atoms with Crippen molar-refractivity contribution in [3.8, 4) is 0 Å². The van der Waals surface area contributed by atoms with Crippen molar-refractivity contribution in [2.24, 2.45) is 0 Å². The lowest BCUT2D eigenvalue weighted by Crippen LogP contribution is -2.23. The molecule has 0 aliphatic carbocycles. The number of carbonyl (C=O) groups excluding carboxylic acids is 1. The summed E-state index contributed by atoms with van der Waals surface area (Å²) in [6.45, 7) is 6.74. The zero-order valence-electron chi connectivity index (χ0n) is 6.77. The SMILES string of the molecule is C=CC(=O)[C@@H](O)C[C@@H](C=C)OP. The van der Waals surface area contributed by atoms with Gasteiger partial charge >= 0.3 is 0 Å². The molecule has 0 radical (unpaired) electrons. The second kappa shape index (κ2) is 6.06. The molecule has 0 aliphatic rings. The van der Waals surface area contributed by atoms with E-state index in [0.717, 1.165) is 6.08 Å². The standard InChI is InChI=1S/C8H13O3P/c1-3-6(11-12)5-8(10)7(9)4-2/h3-4,6,8,10H,1-2,5,12H2/t6-,8+/m1/s1. The summed E-state index contributed by atoms with van der Waals surface area (Å²) >= 11 is 0. The Morgan fingerprint density at radius 2 is 2.25 bits per heavy atom. The van der Waals surface area contributed by atoms with E-state index in [-0.39, 0.29) is 12.5 Å². The molecule has 0 saturated heterocycles. The van der Waals surface area contributed by atoms with Gasteiger partial charge in [0.2, 0.25) is 0 Å². The Morgan fingerprint density at radius 3 is 2.58 bits per heavy atom. The summed E-state index contributed by atoms with van der Waals surface area (Å²) in [4.78, 5) is 10.8. The van der Waals surface area contributed by atoms with Gasteiger partial charge in [-0.15, -0.1) is 6.58 Å². The number of carbonyl (C=O) groups is 1. The maximum atomic E-state index is 10.8. The van der Waals surface area contributed by atoms with Gasteiger partial charge in [-0.3, -0.25) is 4.79 Å². The maximum absolute atomic E-state index is 10.8. The lowest BCUT2D eigenvalue weighted by atomic mass is 10.1. The minimum absolute atomic E-state index is 0.206. The highest BCUT2D eigenvalue weighted by Crippen LogP contribution is 2.08. The zero-order chi connectivity index (χ0) is 9.56. The third-order valence-electron chi connectivity index (χ3n) is 1.42. The molecule has 0 fully saturated rings. The molecule has 0 aromatic rings. The molecule has 0 heterocycles. The Balaban J connectivity index is 3.96. The molecule has 0 amide bonds. The van der Waals surface area contributed by atoms with Crippen LogP contribution >= 0.6 is 9.47 Å². The van der Waals surface area contributed by atoms with Crippen LogP contribution in [0.4, 0.5) is 0 Å². The second-order valence-electron chi connectivity index (χ2n) is 2.27. The molecule has 1 unspecified atom stereocenters. The van der Waals surface area contributed by atoms with Gasteiger partial charge in [-0.2, -0.15) is 0 Å². The Kier molecular flexibility index (Phi) is 5.81. The highest BCUT2D eigenvalue weighted by atomic mass is 31.0. The van der Waals surface area contributed by atoms with Crippen molar-refractivity contribution in [2.75, 3.05) is 0 Å². The van der Waals surface area contributed by atoms with Crippen LogP contribution in [0, 0.1) is 0 Å². The molecule has 0 aromatic carbocycles. The van der Waals surface area contributed by atoms with E-state index in [1.54, 1.807) is 0 Å². The highest BCUT2D eigenvalue weighted by molar-refractivity contribution is 7.09. The second-order valence-corrected chi connectivity index (χ2v) is 2.54. The Morgan fingerprint density at radius 1 is 1.67 bits per heavy atom. The number of hydrogen-bond donors (Lipinski definition) is 1. The van der Waals surface area contributed by atoms with Gasteiger partial charge in [-0.1, -0.05) is 12.7 Å². The van der Waals surface area contributed by atoms with E-state index in [0.29, 0.717) is 0 Å². The minimum Gasteiger partial charge on any atom is -0.385 e. The van der Waals surface area contributed by atoms with Crippen molar-refractivity contribution in [3.05, 3.63) is 25.3 Å². The van der Waals surface area contributed by atoms with Crippen LogP contribution in [-0.4, -0.2) is 23.1 Å². The number of aliphatic hydroxyl groups excluding tert-OH is 1. The first-order valence-corrected chi connectivity index (χ1v) is 3.95. The smallest absolute Gasteiger partial charge is 0.183 e. The lowest BCUT2D eigenvalue weighted by molar-refractivity contribution is -0.123. The van der Waals surface area contributed by atoms with E-state index in [9.17, 15) is 9.90 Å². The normalized spacial score (nSPS) is 14.8. The molecule has 0 saturated carbocycles. The summed E-state index contributed by atoms with van der Waals surface area (Å²) in [6, 6.07) is 0. The number of hydrogen-bond acceptors (Lipinski definition) is 3. The fourth-order valence-corrected chi connectivity index (χ4v) is 0.902. The van der Waals surface area contributed by atoms with Crippen LogP contribution in [0.5, 0.6) is 0 Å². The topological polar surface area (TPSA) is 46.5 Å². The lowest BCUT2D eigenvalue weighted by Gasteiger charge is -2.12. The largest absolute Gasteiger partial charge is 0.385 e.